The lowest BCUT2D eigenvalue weighted by Gasteiger charge is -2.16. The van der Waals surface area contributed by atoms with Crippen molar-refractivity contribution >= 4 is 5.91 Å². The third-order valence-corrected chi connectivity index (χ3v) is 0.942. The Labute approximate surface area is 67.6 Å². The van der Waals surface area contributed by atoms with Crippen LogP contribution in [-0.4, -0.2) is 23.6 Å². The molecule has 0 spiro atoms. The third kappa shape index (κ3) is 4.73. The second kappa shape index (κ2) is 4.10. The van der Waals surface area contributed by atoms with E-state index in [1.54, 1.807) is 0 Å². The van der Waals surface area contributed by atoms with Crippen LogP contribution in [0.2, 0.25) is 0 Å². The largest absolute Gasteiger partial charge is 0.407 e. The molecule has 0 saturated heterocycles. The highest BCUT2D eigenvalue weighted by Gasteiger charge is 2.31. The first-order valence-electron chi connectivity index (χ1n) is 3.12. The number of hydrogen-bond donors (Lipinski definition) is 1. The van der Waals surface area contributed by atoms with Crippen LogP contribution < -0.4 is 5.84 Å². The molecule has 6 heteroatoms. The van der Waals surface area contributed by atoms with Gasteiger partial charge in [0.15, 0.2) is 0 Å². The Morgan fingerprint density at radius 2 is 2.08 bits per heavy atom. The first kappa shape index (κ1) is 11.0. The van der Waals surface area contributed by atoms with Gasteiger partial charge in [0.25, 0.3) is 5.91 Å². The maximum Gasteiger partial charge on any atom is 0.407 e. The molecule has 0 atom stereocenters. The normalized spacial score (nSPS) is 12.1. The summed E-state index contributed by atoms with van der Waals surface area (Å²) in [7, 11) is 0. The maximum atomic E-state index is 11.6. The highest BCUT2D eigenvalue weighted by atomic mass is 19.4. The quantitative estimate of drug-likeness (QED) is 0.297. The van der Waals surface area contributed by atoms with Gasteiger partial charge in [-0.15, -0.1) is 0 Å². The van der Waals surface area contributed by atoms with Crippen molar-refractivity contribution in [1.29, 1.82) is 0 Å². The minimum Gasteiger partial charge on any atom is -0.268 e. The van der Waals surface area contributed by atoms with Gasteiger partial charge in [0.2, 0.25) is 0 Å². The van der Waals surface area contributed by atoms with E-state index in [4.69, 9.17) is 5.84 Å². The Morgan fingerprint density at radius 3 is 2.42 bits per heavy atom. The highest BCUT2D eigenvalue weighted by molar-refractivity contribution is 5.86. The Hall–Kier alpha value is -1.04. The number of alkyl halides is 3. The first-order valence-corrected chi connectivity index (χ1v) is 3.12. The number of halogens is 3. The summed E-state index contributed by atoms with van der Waals surface area (Å²) in [6, 6.07) is 0. The molecular formula is C6H9F3N2O. The van der Waals surface area contributed by atoms with Crippen LogP contribution in [0.4, 0.5) is 13.2 Å². The Bertz CT molecular complexity index is 188. The first-order chi connectivity index (χ1) is 5.37. The van der Waals surface area contributed by atoms with Crippen LogP contribution in [0, 0.1) is 0 Å². The van der Waals surface area contributed by atoms with Crippen molar-refractivity contribution < 1.29 is 18.0 Å². The fraction of sp³-hybridized carbons (Fsp3) is 0.500. The van der Waals surface area contributed by atoms with Crippen LogP contribution in [0.15, 0.2) is 12.2 Å². The summed E-state index contributed by atoms with van der Waals surface area (Å²) in [5.74, 6) is 3.94. The van der Waals surface area contributed by atoms with Crippen molar-refractivity contribution in [2.24, 2.45) is 5.84 Å². The summed E-state index contributed by atoms with van der Waals surface area (Å²) in [6.07, 6.45) is -2.17. The van der Waals surface area contributed by atoms with Gasteiger partial charge in [-0.3, -0.25) is 9.80 Å². The smallest absolute Gasteiger partial charge is 0.268 e. The SMILES string of the molecule is C/C=C/C(=O)N(N)CC(F)(F)F. The summed E-state index contributed by atoms with van der Waals surface area (Å²) < 4.78 is 34.8. The highest BCUT2D eigenvalue weighted by Crippen LogP contribution is 2.14. The Morgan fingerprint density at radius 1 is 1.58 bits per heavy atom. The molecule has 0 saturated carbocycles. The number of hydrazine groups is 1. The van der Waals surface area contributed by atoms with E-state index in [9.17, 15) is 18.0 Å². The fourth-order valence-electron chi connectivity index (χ4n) is 0.509. The van der Waals surface area contributed by atoms with Crippen LogP contribution in [0.25, 0.3) is 0 Å². The molecule has 0 unspecified atom stereocenters. The van der Waals surface area contributed by atoms with Gasteiger partial charge in [0.05, 0.1) is 0 Å². The molecule has 2 N–H and O–H groups in total. The van der Waals surface area contributed by atoms with Gasteiger partial charge in [-0.1, -0.05) is 6.08 Å². The molecule has 0 aliphatic carbocycles. The number of carbonyl (C=O) groups is 1. The average molecular weight is 182 g/mol. The molecule has 0 fully saturated rings. The topological polar surface area (TPSA) is 46.3 Å². The molecule has 0 aliphatic heterocycles. The van der Waals surface area contributed by atoms with Crippen molar-refractivity contribution in [3.05, 3.63) is 12.2 Å². The van der Waals surface area contributed by atoms with Gasteiger partial charge in [0.1, 0.15) is 6.54 Å². The zero-order chi connectivity index (χ0) is 9.78. The number of nitrogens with two attached hydrogens (primary N) is 1. The van der Waals surface area contributed by atoms with Crippen molar-refractivity contribution in [2.45, 2.75) is 13.1 Å². The summed E-state index contributed by atoms with van der Waals surface area (Å²) in [4.78, 5) is 10.6. The lowest BCUT2D eigenvalue weighted by Crippen LogP contribution is -2.43. The second-order valence-electron chi connectivity index (χ2n) is 2.08. The van der Waals surface area contributed by atoms with Crippen molar-refractivity contribution in [3.8, 4) is 0 Å². The summed E-state index contributed by atoms with van der Waals surface area (Å²) >= 11 is 0. The fourth-order valence-corrected chi connectivity index (χ4v) is 0.509. The molecule has 0 heterocycles. The number of allylic oxidation sites excluding steroid dienone is 1. The molecule has 12 heavy (non-hydrogen) atoms. The van der Waals surface area contributed by atoms with E-state index in [0.29, 0.717) is 0 Å². The van der Waals surface area contributed by atoms with Gasteiger partial charge < -0.3 is 0 Å². The zero-order valence-electron chi connectivity index (χ0n) is 6.43. The minimum atomic E-state index is -4.45. The molecule has 0 aliphatic rings. The van der Waals surface area contributed by atoms with E-state index in [0.717, 1.165) is 6.08 Å². The Balaban J connectivity index is 4.04. The van der Waals surface area contributed by atoms with Crippen molar-refractivity contribution in [3.63, 3.8) is 0 Å². The molecule has 1 amide bonds. The van der Waals surface area contributed by atoms with E-state index >= 15 is 0 Å². The van der Waals surface area contributed by atoms with Gasteiger partial charge in [0, 0.05) is 6.08 Å². The number of rotatable bonds is 2. The Kier molecular flexibility index (Phi) is 3.75. The van der Waals surface area contributed by atoms with Gasteiger partial charge in [-0.05, 0) is 6.92 Å². The third-order valence-electron chi connectivity index (χ3n) is 0.942. The van der Waals surface area contributed by atoms with Crippen LogP contribution >= 0.6 is 0 Å². The lowest BCUT2D eigenvalue weighted by molar-refractivity contribution is -0.158. The summed E-state index contributed by atoms with van der Waals surface area (Å²) in [6.45, 7) is 0.0789. The monoisotopic (exact) mass is 182 g/mol. The van der Waals surface area contributed by atoms with Gasteiger partial charge in [-0.25, -0.2) is 5.84 Å². The summed E-state index contributed by atoms with van der Waals surface area (Å²) in [5, 5.41) is 0.111. The molecule has 3 nitrogen and oxygen atoms in total. The predicted molar refractivity (Wildman–Crippen MR) is 36.8 cm³/mol. The molecule has 0 rings (SSSR count). The zero-order valence-corrected chi connectivity index (χ0v) is 6.43. The molecule has 0 aromatic heterocycles. The number of carbonyl (C=O) groups excluding carboxylic acids is 1. The number of nitrogens with zero attached hydrogens (tertiary/aromatic N) is 1. The number of hydrogen-bond acceptors (Lipinski definition) is 2. The summed E-state index contributed by atoms with van der Waals surface area (Å²) in [5.41, 5.74) is 0. The maximum absolute atomic E-state index is 11.6. The minimum absolute atomic E-state index is 0.111. The molecule has 0 radical (unpaired) electrons. The molecule has 0 bridgehead atoms. The second-order valence-corrected chi connectivity index (χ2v) is 2.08. The van der Waals surface area contributed by atoms with Crippen LogP contribution in [0.5, 0.6) is 0 Å². The standard InChI is InChI=1S/C6H9F3N2O/c1-2-3-5(12)11(10)4-6(7,8)9/h2-3H,4,10H2,1H3/b3-2+. The predicted octanol–water partition coefficient (Wildman–Crippen LogP) is 0.827. The molecular weight excluding hydrogens is 173 g/mol. The average Bonchev–Trinajstić information content (AvgIpc) is 1.84. The van der Waals surface area contributed by atoms with Crippen LogP contribution in [-0.2, 0) is 4.79 Å². The van der Waals surface area contributed by atoms with E-state index in [2.05, 4.69) is 0 Å². The van der Waals surface area contributed by atoms with Crippen LogP contribution in [0.3, 0.4) is 0 Å². The van der Waals surface area contributed by atoms with Crippen molar-refractivity contribution in [1.82, 2.24) is 5.01 Å². The van der Waals surface area contributed by atoms with Crippen LogP contribution in [0.1, 0.15) is 6.92 Å². The molecule has 0 aromatic carbocycles. The lowest BCUT2D eigenvalue weighted by atomic mass is 10.4. The van der Waals surface area contributed by atoms with E-state index in [-0.39, 0.29) is 5.01 Å². The molecule has 70 valence electrons. The molecule has 0 aromatic rings. The van der Waals surface area contributed by atoms with E-state index < -0.39 is 18.6 Å². The van der Waals surface area contributed by atoms with Gasteiger partial charge >= 0.3 is 6.18 Å². The number of amides is 1. The van der Waals surface area contributed by atoms with E-state index in [1.165, 1.54) is 13.0 Å². The van der Waals surface area contributed by atoms with E-state index in [1.807, 2.05) is 0 Å². The van der Waals surface area contributed by atoms with Crippen molar-refractivity contribution in [2.75, 3.05) is 6.54 Å². The van der Waals surface area contributed by atoms with Gasteiger partial charge in [-0.2, -0.15) is 13.2 Å².